The van der Waals surface area contributed by atoms with Crippen molar-refractivity contribution in [2.24, 2.45) is 0 Å². The van der Waals surface area contributed by atoms with Crippen LogP contribution in [-0.2, 0) is 0 Å². The monoisotopic (exact) mass is 627 g/mol. The molecule has 0 fully saturated rings. The number of thiophene rings is 1. The smallest absolute Gasteiger partial charge is 0.0726 e. The molecule has 0 saturated heterocycles. The summed E-state index contributed by atoms with van der Waals surface area (Å²) in [7, 11) is 0. The molecule has 0 bridgehead atoms. The molecular formula is C46H29NS. The quantitative estimate of drug-likeness (QED) is 0.183. The van der Waals surface area contributed by atoms with Crippen molar-refractivity contribution in [3.8, 4) is 39.1 Å². The Hall–Kier alpha value is -5.96. The lowest BCUT2D eigenvalue weighted by atomic mass is 9.96. The van der Waals surface area contributed by atoms with Gasteiger partial charge in [-0.3, -0.25) is 0 Å². The second kappa shape index (κ2) is 10.8. The average molecular weight is 628 g/mol. The second-order valence-electron chi connectivity index (χ2n) is 12.5. The molecule has 0 aliphatic heterocycles. The number of rotatable bonds is 4. The molecular weight excluding hydrogens is 599 g/mol. The topological polar surface area (TPSA) is 4.93 Å². The van der Waals surface area contributed by atoms with Gasteiger partial charge in [-0.1, -0.05) is 140 Å². The predicted molar refractivity (Wildman–Crippen MR) is 207 cm³/mol. The van der Waals surface area contributed by atoms with Gasteiger partial charge in [0.15, 0.2) is 0 Å². The highest BCUT2D eigenvalue weighted by atomic mass is 32.1. The van der Waals surface area contributed by atoms with Crippen LogP contribution in [0.2, 0.25) is 0 Å². The van der Waals surface area contributed by atoms with Crippen LogP contribution in [0.4, 0.5) is 0 Å². The van der Waals surface area contributed by atoms with Gasteiger partial charge in [-0.15, -0.1) is 11.3 Å². The van der Waals surface area contributed by atoms with E-state index in [4.69, 9.17) is 0 Å². The van der Waals surface area contributed by atoms with Crippen molar-refractivity contribution in [2.75, 3.05) is 0 Å². The first-order valence-corrected chi connectivity index (χ1v) is 17.3. The predicted octanol–water partition coefficient (Wildman–Crippen LogP) is 13.3. The number of hydrogen-bond acceptors (Lipinski definition) is 1. The van der Waals surface area contributed by atoms with E-state index < -0.39 is 0 Å². The van der Waals surface area contributed by atoms with E-state index >= 15 is 0 Å². The van der Waals surface area contributed by atoms with Crippen LogP contribution in [0.25, 0.3) is 91.8 Å². The maximum absolute atomic E-state index is 2.51. The molecule has 0 N–H and O–H groups in total. The van der Waals surface area contributed by atoms with E-state index in [9.17, 15) is 0 Å². The number of fused-ring (bicyclic) bond motifs is 10. The molecule has 2 heteroatoms. The van der Waals surface area contributed by atoms with Crippen LogP contribution in [0.15, 0.2) is 176 Å². The van der Waals surface area contributed by atoms with Gasteiger partial charge in [-0.2, -0.15) is 0 Å². The molecule has 10 rings (SSSR count). The van der Waals surface area contributed by atoms with E-state index in [0.717, 1.165) is 0 Å². The summed E-state index contributed by atoms with van der Waals surface area (Å²) in [6.45, 7) is 0. The minimum Gasteiger partial charge on any atom is -0.308 e. The summed E-state index contributed by atoms with van der Waals surface area (Å²) < 4.78 is 5.15. The summed E-state index contributed by atoms with van der Waals surface area (Å²) in [5.41, 5.74) is 11.1. The standard InChI is InChI=1S/C46H29NS/c1-4-12-30(13-5-1)33-20-24-36(25-21-33)47-41-26-22-34(31-14-6-2-7-15-31)28-39(41)43-37-18-10-11-19-38(37)44-40-29-35(32-16-8-3-9-17-32)23-27-42(40)48-46(44)45(43)47/h1-29H. The van der Waals surface area contributed by atoms with Crippen molar-refractivity contribution in [2.45, 2.75) is 0 Å². The third kappa shape index (κ3) is 4.17. The lowest BCUT2D eigenvalue weighted by Gasteiger charge is -2.11. The largest absolute Gasteiger partial charge is 0.308 e. The van der Waals surface area contributed by atoms with E-state index in [-0.39, 0.29) is 0 Å². The number of hydrogen-bond donors (Lipinski definition) is 0. The van der Waals surface area contributed by atoms with Crippen molar-refractivity contribution in [1.29, 1.82) is 0 Å². The Labute approximate surface area is 282 Å². The Balaban J connectivity index is 1.34. The molecule has 0 saturated carbocycles. The van der Waals surface area contributed by atoms with Crippen LogP contribution in [0.1, 0.15) is 0 Å². The van der Waals surface area contributed by atoms with Gasteiger partial charge < -0.3 is 4.57 Å². The zero-order valence-electron chi connectivity index (χ0n) is 26.1. The van der Waals surface area contributed by atoms with E-state index in [0.29, 0.717) is 0 Å². The van der Waals surface area contributed by atoms with Gasteiger partial charge in [0, 0.05) is 31.9 Å². The molecule has 1 nitrogen and oxygen atoms in total. The Kier molecular flexibility index (Phi) is 6.12. The van der Waals surface area contributed by atoms with Crippen molar-refractivity contribution >= 4 is 64.1 Å². The molecule has 2 heterocycles. The normalized spacial score (nSPS) is 11.8. The van der Waals surface area contributed by atoms with E-state index in [1.54, 1.807) is 0 Å². The first-order chi connectivity index (χ1) is 23.8. The van der Waals surface area contributed by atoms with Crippen LogP contribution in [-0.4, -0.2) is 4.57 Å². The molecule has 8 aromatic carbocycles. The highest BCUT2D eigenvalue weighted by Gasteiger charge is 2.22. The van der Waals surface area contributed by atoms with E-state index in [1.165, 1.54) is 91.8 Å². The molecule has 0 radical (unpaired) electrons. The van der Waals surface area contributed by atoms with Gasteiger partial charge >= 0.3 is 0 Å². The van der Waals surface area contributed by atoms with Crippen LogP contribution in [0.3, 0.4) is 0 Å². The molecule has 0 atom stereocenters. The molecule has 2 aromatic heterocycles. The Morgan fingerprint density at radius 3 is 1.46 bits per heavy atom. The van der Waals surface area contributed by atoms with Gasteiger partial charge in [0.2, 0.25) is 0 Å². The fourth-order valence-electron chi connectivity index (χ4n) is 7.55. The fourth-order valence-corrected chi connectivity index (χ4v) is 8.79. The van der Waals surface area contributed by atoms with Crippen LogP contribution < -0.4 is 0 Å². The van der Waals surface area contributed by atoms with Crippen LogP contribution in [0, 0.1) is 0 Å². The van der Waals surface area contributed by atoms with Crippen molar-refractivity contribution in [3.05, 3.63) is 176 Å². The third-order valence-electron chi connectivity index (χ3n) is 9.78. The van der Waals surface area contributed by atoms with Crippen LogP contribution in [0.5, 0.6) is 0 Å². The van der Waals surface area contributed by atoms with Crippen molar-refractivity contribution in [1.82, 2.24) is 4.57 Å². The van der Waals surface area contributed by atoms with Crippen molar-refractivity contribution in [3.63, 3.8) is 0 Å². The van der Waals surface area contributed by atoms with Gasteiger partial charge in [0.1, 0.15) is 0 Å². The van der Waals surface area contributed by atoms with Crippen molar-refractivity contribution < 1.29 is 0 Å². The molecule has 224 valence electrons. The first-order valence-electron chi connectivity index (χ1n) is 16.4. The number of benzene rings is 8. The second-order valence-corrected chi connectivity index (χ2v) is 13.6. The van der Waals surface area contributed by atoms with Gasteiger partial charge in [0.25, 0.3) is 0 Å². The molecule has 0 aliphatic carbocycles. The summed E-state index contributed by atoms with van der Waals surface area (Å²) in [6, 6.07) is 64.2. The Bertz CT molecular complexity index is 2790. The first kappa shape index (κ1) is 27.2. The summed E-state index contributed by atoms with van der Waals surface area (Å²) in [5.74, 6) is 0. The Morgan fingerprint density at radius 1 is 0.354 bits per heavy atom. The maximum atomic E-state index is 2.51. The summed E-state index contributed by atoms with van der Waals surface area (Å²) in [5, 5.41) is 7.84. The lowest BCUT2D eigenvalue weighted by Crippen LogP contribution is -1.94. The minimum absolute atomic E-state index is 1.17. The molecule has 0 amide bonds. The summed E-state index contributed by atoms with van der Waals surface area (Å²) in [6.07, 6.45) is 0. The molecule has 0 unspecified atom stereocenters. The highest BCUT2D eigenvalue weighted by molar-refractivity contribution is 7.27. The SMILES string of the molecule is c1ccc(-c2ccc(-n3c4ccc(-c5ccccc5)cc4c4c5ccccc5c5c6cc(-c7ccccc7)ccc6sc5c43)cc2)cc1. The number of aromatic nitrogens is 1. The maximum Gasteiger partial charge on any atom is 0.0726 e. The zero-order chi connectivity index (χ0) is 31.6. The van der Waals surface area contributed by atoms with E-state index in [1.807, 2.05) is 11.3 Å². The van der Waals surface area contributed by atoms with Gasteiger partial charge in [-0.25, -0.2) is 0 Å². The zero-order valence-corrected chi connectivity index (χ0v) is 26.9. The summed E-state index contributed by atoms with van der Waals surface area (Å²) in [4.78, 5) is 0. The third-order valence-corrected chi connectivity index (χ3v) is 11.0. The molecule has 0 aliphatic rings. The summed E-state index contributed by atoms with van der Waals surface area (Å²) >= 11 is 1.91. The molecule has 48 heavy (non-hydrogen) atoms. The van der Waals surface area contributed by atoms with Gasteiger partial charge in [0.05, 0.1) is 15.7 Å². The van der Waals surface area contributed by atoms with Gasteiger partial charge in [-0.05, 0) is 80.6 Å². The van der Waals surface area contributed by atoms with E-state index in [2.05, 4.69) is 180 Å². The average Bonchev–Trinajstić information content (AvgIpc) is 3.72. The Morgan fingerprint density at radius 2 is 0.833 bits per heavy atom. The molecule has 10 aromatic rings. The molecule has 0 spiro atoms. The fraction of sp³-hybridized carbons (Fsp3) is 0. The minimum atomic E-state index is 1.17. The number of nitrogens with zero attached hydrogens (tertiary/aromatic N) is 1. The van der Waals surface area contributed by atoms with Crippen LogP contribution >= 0.6 is 11.3 Å². The highest BCUT2D eigenvalue weighted by Crippen LogP contribution is 2.49. The lowest BCUT2D eigenvalue weighted by molar-refractivity contribution is 1.19.